The summed E-state index contributed by atoms with van der Waals surface area (Å²) in [6, 6.07) is 4.33. The minimum absolute atomic E-state index is 0.0761. The summed E-state index contributed by atoms with van der Waals surface area (Å²) in [7, 11) is 0. The second-order valence-corrected chi connectivity index (χ2v) is 5.93. The quantitative estimate of drug-likeness (QED) is 0.670. The molecule has 0 aromatic heterocycles. The van der Waals surface area contributed by atoms with Gasteiger partial charge in [-0.15, -0.1) is 0 Å². The van der Waals surface area contributed by atoms with Gasteiger partial charge in [-0.25, -0.2) is 4.39 Å². The number of esters is 1. The normalized spacial score (nSPS) is 13.2. The summed E-state index contributed by atoms with van der Waals surface area (Å²) in [5, 5.41) is -0.858. The van der Waals surface area contributed by atoms with Crippen LogP contribution in [0.1, 0.15) is 31.7 Å². The molecule has 0 radical (unpaired) electrons. The SMILES string of the molecule is CC(C)(Cl)OC(=O)CC(CN)c1c(F)cccc1Cl. The maximum atomic E-state index is 13.8. The summed E-state index contributed by atoms with van der Waals surface area (Å²) in [6.07, 6.45) is -0.0761. The number of hydrogen-bond donors (Lipinski definition) is 1. The van der Waals surface area contributed by atoms with Crippen LogP contribution in [0.2, 0.25) is 5.02 Å². The van der Waals surface area contributed by atoms with Crippen LogP contribution in [0.5, 0.6) is 0 Å². The zero-order chi connectivity index (χ0) is 14.6. The molecule has 106 valence electrons. The Kier molecular flexibility index (Phi) is 5.59. The van der Waals surface area contributed by atoms with Crippen molar-refractivity contribution in [2.24, 2.45) is 5.73 Å². The highest BCUT2D eigenvalue weighted by Gasteiger charge is 2.25. The van der Waals surface area contributed by atoms with Gasteiger partial charge in [-0.1, -0.05) is 29.3 Å². The van der Waals surface area contributed by atoms with Crippen molar-refractivity contribution in [3.8, 4) is 0 Å². The standard InChI is InChI=1S/C13H16Cl2FNO2/c1-13(2,15)19-11(18)6-8(7-17)12-9(14)4-3-5-10(12)16/h3-5,8H,6-7,17H2,1-2H3. The van der Waals surface area contributed by atoms with Crippen LogP contribution < -0.4 is 5.73 Å². The van der Waals surface area contributed by atoms with Gasteiger partial charge in [0.05, 0.1) is 6.42 Å². The highest BCUT2D eigenvalue weighted by Crippen LogP contribution is 2.30. The molecule has 2 N–H and O–H groups in total. The summed E-state index contributed by atoms with van der Waals surface area (Å²) in [5.74, 6) is -1.57. The number of rotatable bonds is 5. The Morgan fingerprint density at radius 1 is 1.53 bits per heavy atom. The van der Waals surface area contributed by atoms with E-state index in [1.807, 2.05) is 0 Å². The van der Waals surface area contributed by atoms with E-state index < -0.39 is 22.8 Å². The van der Waals surface area contributed by atoms with Crippen LogP contribution in [0.4, 0.5) is 4.39 Å². The number of benzene rings is 1. The fourth-order valence-electron chi connectivity index (χ4n) is 1.72. The predicted molar refractivity (Wildman–Crippen MR) is 73.8 cm³/mol. The molecule has 0 aliphatic heterocycles. The van der Waals surface area contributed by atoms with Crippen molar-refractivity contribution in [2.45, 2.75) is 31.2 Å². The lowest BCUT2D eigenvalue weighted by atomic mass is 9.95. The lowest BCUT2D eigenvalue weighted by molar-refractivity contribution is -0.150. The number of nitrogens with two attached hydrogens (primary N) is 1. The van der Waals surface area contributed by atoms with Crippen molar-refractivity contribution in [1.82, 2.24) is 0 Å². The molecule has 6 heteroatoms. The molecule has 0 heterocycles. The molecule has 0 spiro atoms. The Morgan fingerprint density at radius 3 is 2.63 bits per heavy atom. The van der Waals surface area contributed by atoms with Crippen molar-refractivity contribution < 1.29 is 13.9 Å². The highest BCUT2D eigenvalue weighted by atomic mass is 35.5. The van der Waals surface area contributed by atoms with Gasteiger partial charge >= 0.3 is 5.97 Å². The number of hydrogen-bond acceptors (Lipinski definition) is 3. The highest BCUT2D eigenvalue weighted by molar-refractivity contribution is 6.31. The van der Waals surface area contributed by atoms with E-state index in [2.05, 4.69) is 0 Å². The third-order valence-electron chi connectivity index (χ3n) is 2.46. The first-order chi connectivity index (χ1) is 8.74. The largest absolute Gasteiger partial charge is 0.444 e. The Bertz CT molecular complexity index is 440. The third-order valence-corrected chi connectivity index (χ3v) is 2.87. The van der Waals surface area contributed by atoms with Gasteiger partial charge in [-0.05, 0) is 32.5 Å². The zero-order valence-corrected chi connectivity index (χ0v) is 12.3. The van der Waals surface area contributed by atoms with Crippen molar-refractivity contribution in [3.05, 3.63) is 34.6 Å². The Balaban J connectivity index is 2.87. The van der Waals surface area contributed by atoms with Crippen molar-refractivity contribution >= 4 is 29.2 Å². The van der Waals surface area contributed by atoms with Gasteiger partial charge in [0.15, 0.2) is 5.06 Å². The Labute approximate surface area is 121 Å². The van der Waals surface area contributed by atoms with Gasteiger partial charge in [0, 0.05) is 16.5 Å². The van der Waals surface area contributed by atoms with E-state index in [1.54, 1.807) is 19.9 Å². The molecule has 0 aliphatic rings. The smallest absolute Gasteiger partial charge is 0.308 e. The monoisotopic (exact) mass is 307 g/mol. The summed E-state index contributed by atoms with van der Waals surface area (Å²) in [4.78, 5) is 11.7. The molecule has 0 saturated heterocycles. The summed E-state index contributed by atoms with van der Waals surface area (Å²) < 4.78 is 18.7. The zero-order valence-electron chi connectivity index (χ0n) is 10.8. The molecule has 19 heavy (non-hydrogen) atoms. The van der Waals surface area contributed by atoms with E-state index in [4.69, 9.17) is 33.7 Å². The fraction of sp³-hybridized carbons (Fsp3) is 0.462. The van der Waals surface area contributed by atoms with Crippen LogP contribution in [-0.2, 0) is 9.53 Å². The molecule has 1 atom stereocenters. The number of halogens is 3. The first-order valence-corrected chi connectivity index (χ1v) is 6.55. The predicted octanol–water partition coefficient (Wildman–Crippen LogP) is 3.43. The molecule has 0 saturated carbocycles. The summed E-state index contributed by atoms with van der Waals surface area (Å²) >= 11 is 11.7. The van der Waals surface area contributed by atoms with Gasteiger partial charge in [-0.2, -0.15) is 0 Å². The Hall–Kier alpha value is -0.840. The number of carbonyl (C=O) groups excluding carboxylic acids is 1. The van der Waals surface area contributed by atoms with Crippen molar-refractivity contribution in [2.75, 3.05) is 6.54 Å². The molecule has 3 nitrogen and oxygen atoms in total. The topological polar surface area (TPSA) is 52.3 Å². The first-order valence-electron chi connectivity index (χ1n) is 5.79. The molecular formula is C13H16Cl2FNO2. The van der Waals surface area contributed by atoms with E-state index in [0.29, 0.717) is 0 Å². The number of carbonyl (C=O) groups is 1. The number of alkyl halides is 1. The third kappa shape index (κ3) is 4.97. The van der Waals surface area contributed by atoms with Crippen molar-refractivity contribution in [1.29, 1.82) is 0 Å². The average Bonchev–Trinajstić information content (AvgIpc) is 2.24. The van der Waals surface area contributed by atoms with Gasteiger partial charge in [0.25, 0.3) is 0 Å². The summed E-state index contributed by atoms with van der Waals surface area (Å²) in [6.45, 7) is 3.17. The van der Waals surface area contributed by atoms with Crippen LogP contribution in [0, 0.1) is 5.82 Å². The van der Waals surface area contributed by atoms with Crippen LogP contribution in [0.25, 0.3) is 0 Å². The van der Waals surface area contributed by atoms with Crippen LogP contribution in [0.3, 0.4) is 0 Å². The molecule has 1 rings (SSSR count). The van der Waals surface area contributed by atoms with E-state index in [0.717, 1.165) is 0 Å². The molecule has 1 aromatic rings. The van der Waals surface area contributed by atoms with E-state index in [9.17, 15) is 9.18 Å². The molecular weight excluding hydrogens is 292 g/mol. The maximum absolute atomic E-state index is 13.8. The second kappa shape index (κ2) is 6.55. The lowest BCUT2D eigenvalue weighted by Gasteiger charge is -2.21. The number of ether oxygens (including phenoxy) is 1. The molecule has 1 unspecified atom stereocenters. The minimum Gasteiger partial charge on any atom is -0.444 e. The van der Waals surface area contributed by atoms with Gasteiger partial charge < -0.3 is 10.5 Å². The molecule has 0 aliphatic carbocycles. The van der Waals surface area contributed by atoms with Crippen LogP contribution in [-0.4, -0.2) is 17.6 Å². The van der Waals surface area contributed by atoms with Crippen molar-refractivity contribution in [3.63, 3.8) is 0 Å². The maximum Gasteiger partial charge on any atom is 0.308 e. The molecule has 0 bridgehead atoms. The van der Waals surface area contributed by atoms with Crippen LogP contribution in [0.15, 0.2) is 18.2 Å². The van der Waals surface area contributed by atoms with E-state index >= 15 is 0 Å². The second-order valence-electron chi connectivity index (χ2n) is 4.61. The molecule has 0 fully saturated rings. The van der Waals surface area contributed by atoms with E-state index in [-0.39, 0.29) is 23.6 Å². The van der Waals surface area contributed by atoms with Gasteiger partial charge in [0.2, 0.25) is 0 Å². The van der Waals surface area contributed by atoms with E-state index in [1.165, 1.54) is 12.1 Å². The molecule has 0 amide bonds. The first kappa shape index (κ1) is 16.2. The molecule has 1 aromatic carbocycles. The van der Waals surface area contributed by atoms with Gasteiger partial charge in [-0.3, -0.25) is 4.79 Å². The fourth-order valence-corrected chi connectivity index (χ4v) is 2.12. The lowest BCUT2D eigenvalue weighted by Crippen LogP contribution is -2.25. The average molecular weight is 308 g/mol. The minimum atomic E-state index is -1.10. The van der Waals surface area contributed by atoms with Crippen LogP contribution >= 0.6 is 23.2 Å². The Morgan fingerprint density at radius 2 is 2.16 bits per heavy atom. The van der Waals surface area contributed by atoms with Gasteiger partial charge in [0.1, 0.15) is 5.82 Å². The summed E-state index contributed by atoms with van der Waals surface area (Å²) in [5.41, 5.74) is 5.82.